The molecule has 7 nitrogen and oxygen atoms in total. The van der Waals surface area contributed by atoms with E-state index in [9.17, 15) is 14.7 Å². The summed E-state index contributed by atoms with van der Waals surface area (Å²) in [6, 6.07) is 13.1. The smallest absolute Gasteiger partial charge is 0.301 e. The van der Waals surface area contributed by atoms with E-state index in [4.69, 9.17) is 21.1 Å². The minimum Gasteiger partial charge on any atom is -0.507 e. The van der Waals surface area contributed by atoms with Crippen LogP contribution in [0.2, 0.25) is 5.02 Å². The topological polar surface area (TPSA) is 89.0 Å². The van der Waals surface area contributed by atoms with Gasteiger partial charge >= 0.3 is 5.91 Å². The van der Waals surface area contributed by atoms with Crippen LogP contribution < -0.4 is 14.4 Å². The van der Waals surface area contributed by atoms with Crippen molar-refractivity contribution in [1.29, 1.82) is 0 Å². The van der Waals surface area contributed by atoms with E-state index >= 15 is 0 Å². The van der Waals surface area contributed by atoms with Gasteiger partial charge in [-0.1, -0.05) is 29.0 Å². The van der Waals surface area contributed by atoms with E-state index in [1.807, 2.05) is 31.4 Å². The fraction of sp³-hybridized carbons (Fsp3) is 0.192. The third-order valence-electron chi connectivity index (χ3n) is 5.62. The number of thiophene rings is 1. The Morgan fingerprint density at radius 3 is 2.64 bits per heavy atom. The van der Waals surface area contributed by atoms with Gasteiger partial charge in [-0.15, -0.1) is 11.3 Å². The molecular weight excluding hydrogens is 520 g/mol. The van der Waals surface area contributed by atoms with Gasteiger partial charge in [-0.25, -0.2) is 4.98 Å². The van der Waals surface area contributed by atoms with Gasteiger partial charge in [-0.05, 0) is 55.6 Å². The predicted octanol–water partition coefficient (Wildman–Crippen LogP) is 6.43. The molecule has 0 saturated carbocycles. The Labute approximate surface area is 220 Å². The minimum atomic E-state index is -0.845. The molecule has 5 rings (SSSR count). The first-order valence-electron chi connectivity index (χ1n) is 11.2. The number of ether oxygens (including phenoxy) is 2. The molecule has 1 amide bonds. The predicted molar refractivity (Wildman–Crippen MR) is 143 cm³/mol. The van der Waals surface area contributed by atoms with Crippen LogP contribution in [-0.2, 0) is 9.59 Å². The van der Waals surface area contributed by atoms with Crippen LogP contribution in [-0.4, -0.2) is 35.0 Å². The Morgan fingerprint density at radius 1 is 1.11 bits per heavy atom. The number of aliphatic hydroxyl groups excluding tert-OH is 1. The number of anilines is 1. The molecule has 2 aromatic heterocycles. The van der Waals surface area contributed by atoms with Gasteiger partial charge in [0.05, 0.1) is 34.6 Å². The Hall–Kier alpha value is -3.40. The van der Waals surface area contributed by atoms with Gasteiger partial charge in [-0.2, -0.15) is 0 Å². The molecule has 184 valence electrons. The van der Waals surface area contributed by atoms with Crippen molar-refractivity contribution in [1.82, 2.24) is 4.98 Å². The normalized spacial score (nSPS) is 17.2. The number of hydrogen-bond acceptors (Lipinski definition) is 8. The standard InChI is InChI=1S/C26H21ClN2O5S2/c1-3-33-15-8-9-16(18(13-15)34-4-2)23(30)21-22(19-6-5-11-35-19)29(25(32)24(21)31)26-28-17-10-7-14(27)12-20(17)36-26/h5-13,22,30H,3-4H2,1-2H3/b23-21+. The van der Waals surface area contributed by atoms with Crippen molar-refractivity contribution < 1.29 is 24.2 Å². The first kappa shape index (κ1) is 24.3. The molecule has 1 N–H and O–H groups in total. The molecule has 1 aliphatic heterocycles. The zero-order chi connectivity index (χ0) is 25.4. The summed E-state index contributed by atoms with van der Waals surface area (Å²) in [7, 11) is 0. The van der Waals surface area contributed by atoms with E-state index in [1.54, 1.807) is 36.4 Å². The molecule has 10 heteroatoms. The molecular formula is C26H21ClN2O5S2. The molecule has 1 unspecified atom stereocenters. The number of carbonyl (C=O) groups excluding carboxylic acids is 2. The van der Waals surface area contributed by atoms with Crippen LogP contribution >= 0.6 is 34.3 Å². The second kappa shape index (κ2) is 9.93. The second-order valence-electron chi connectivity index (χ2n) is 7.82. The molecule has 0 aliphatic carbocycles. The lowest BCUT2D eigenvalue weighted by Crippen LogP contribution is -2.28. The molecule has 1 saturated heterocycles. The molecule has 2 aromatic carbocycles. The molecule has 1 atom stereocenters. The number of aromatic nitrogens is 1. The zero-order valence-corrected chi connectivity index (χ0v) is 21.7. The summed E-state index contributed by atoms with van der Waals surface area (Å²) in [6.45, 7) is 4.49. The van der Waals surface area contributed by atoms with Crippen molar-refractivity contribution in [2.24, 2.45) is 0 Å². The fourth-order valence-corrected chi connectivity index (χ4v) is 6.20. The SMILES string of the molecule is CCOc1ccc(/C(O)=C2\C(=O)C(=O)N(c3nc4ccc(Cl)cc4s3)C2c2cccs2)c(OCC)c1. The van der Waals surface area contributed by atoms with E-state index < -0.39 is 17.7 Å². The van der Waals surface area contributed by atoms with Crippen molar-refractivity contribution in [2.75, 3.05) is 18.1 Å². The fourth-order valence-electron chi connectivity index (χ4n) is 4.11. The van der Waals surface area contributed by atoms with Crippen molar-refractivity contribution in [3.8, 4) is 11.5 Å². The summed E-state index contributed by atoms with van der Waals surface area (Å²) in [5.41, 5.74) is 0.942. The van der Waals surface area contributed by atoms with Crippen molar-refractivity contribution in [3.63, 3.8) is 0 Å². The van der Waals surface area contributed by atoms with E-state index in [-0.39, 0.29) is 11.3 Å². The van der Waals surface area contributed by atoms with Crippen LogP contribution in [0.25, 0.3) is 16.0 Å². The number of ketones is 1. The molecule has 36 heavy (non-hydrogen) atoms. The van der Waals surface area contributed by atoms with Crippen LogP contribution in [0.5, 0.6) is 11.5 Å². The highest BCUT2D eigenvalue weighted by atomic mass is 35.5. The summed E-state index contributed by atoms with van der Waals surface area (Å²) < 4.78 is 12.1. The summed E-state index contributed by atoms with van der Waals surface area (Å²) in [5, 5.41) is 14.2. The molecule has 4 aromatic rings. The quantitative estimate of drug-likeness (QED) is 0.165. The van der Waals surface area contributed by atoms with Crippen molar-refractivity contribution in [2.45, 2.75) is 19.9 Å². The Bertz CT molecular complexity index is 1500. The number of amides is 1. The number of nitrogens with zero attached hydrogens (tertiary/aromatic N) is 2. The van der Waals surface area contributed by atoms with Gasteiger partial charge in [0.25, 0.3) is 5.78 Å². The summed E-state index contributed by atoms with van der Waals surface area (Å²) in [4.78, 5) is 33.5. The summed E-state index contributed by atoms with van der Waals surface area (Å²) in [5.74, 6) is -0.943. The van der Waals surface area contributed by atoms with Crippen LogP contribution in [0.15, 0.2) is 59.5 Å². The van der Waals surface area contributed by atoms with Crippen LogP contribution in [0.1, 0.15) is 30.3 Å². The third kappa shape index (κ3) is 4.23. The zero-order valence-electron chi connectivity index (χ0n) is 19.4. The monoisotopic (exact) mass is 540 g/mol. The number of thiazole rings is 1. The van der Waals surface area contributed by atoms with Crippen LogP contribution in [0.4, 0.5) is 5.13 Å². The average Bonchev–Trinajstić information content (AvgIpc) is 3.58. The molecule has 3 heterocycles. The van der Waals surface area contributed by atoms with Gasteiger partial charge in [0.2, 0.25) is 0 Å². The third-order valence-corrected chi connectivity index (χ3v) is 7.80. The lowest BCUT2D eigenvalue weighted by atomic mass is 9.99. The van der Waals surface area contributed by atoms with Crippen LogP contribution in [0, 0.1) is 0 Å². The molecule has 0 spiro atoms. The maximum absolute atomic E-state index is 13.4. The molecule has 0 radical (unpaired) electrons. The Kier molecular flexibility index (Phi) is 6.70. The van der Waals surface area contributed by atoms with Gasteiger partial charge in [-0.3, -0.25) is 14.5 Å². The van der Waals surface area contributed by atoms with Crippen molar-refractivity contribution >= 4 is 67.1 Å². The lowest BCUT2D eigenvalue weighted by Gasteiger charge is -2.21. The van der Waals surface area contributed by atoms with E-state index in [0.29, 0.717) is 45.9 Å². The van der Waals surface area contributed by atoms with E-state index in [1.165, 1.54) is 27.6 Å². The maximum Gasteiger partial charge on any atom is 0.301 e. The van der Waals surface area contributed by atoms with Gasteiger partial charge in [0, 0.05) is 16.0 Å². The molecule has 0 bridgehead atoms. The van der Waals surface area contributed by atoms with Crippen LogP contribution in [0.3, 0.4) is 0 Å². The molecule has 1 fully saturated rings. The largest absolute Gasteiger partial charge is 0.507 e. The van der Waals surface area contributed by atoms with Gasteiger partial charge in [0.1, 0.15) is 23.3 Å². The summed E-state index contributed by atoms with van der Waals surface area (Å²) >= 11 is 8.78. The van der Waals surface area contributed by atoms with E-state index in [2.05, 4.69) is 4.98 Å². The number of carbonyl (C=O) groups is 2. The minimum absolute atomic E-state index is 0.0233. The van der Waals surface area contributed by atoms with Gasteiger partial charge in [0.15, 0.2) is 5.13 Å². The lowest BCUT2D eigenvalue weighted by molar-refractivity contribution is -0.132. The number of aliphatic hydroxyl groups is 1. The highest BCUT2D eigenvalue weighted by molar-refractivity contribution is 7.22. The maximum atomic E-state index is 13.4. The molecule has 1 aliphatic rings. The Balaban J connectivity index is 1.69. The first-order valence-corrected chi connectivity index (χ1v) is 13.3. The number of hydrogen-bond donors (Lipinski definition) is 1. The van der Waals surface area contributed by atoms with Gasteiger partial charge < -0.3 is 14.6 Å². The first-order chi connectivity index (χ1) is 17.4. The second-order valence-corrected chi connectivity index (χ2v) is 10.2. The number of halogens is 1. The highest BCUT2D eigenvalue weighted by Gasteiger charge is 2.48. The number of rotatable bonds is 7. The highest BCUT2D eigenvalue weighted by Crippen LogP contribution is 2.46. The number of Topliss-reactive ketones (excluding diaryl/α,β-unsaturated/α-hetero) is 1. The van der Waals surface area contributed by atoms with Crippen molar-refractivity contribution in [3.05, 3.63) is 74.9 Å². The Morgan fingerprint density at radius 2 is 1.92 bits per heavy atom. The average molecular weight is 541 g/mol. The van der Waals surface area contributed by atoms with E-state index in [0.717, 1.165) is 9.58 Å². The summed E-state index contributed by atoms with van der Waals surface area (Å²) in [6.07, 6.45) is 0. The number of benzene rings is 2. The number of fused-ring (bicyclic) bond motifs is 1.